The number of para-hydroxylation sites is 1. The number of nitrogens with zero attached hydrogens (tertiary/aromatic N) is 1. The molecule has 3 N–H and O–H groups in total. The van der Waals surface area contributed by atoms with Crippen molar-refractivity contribution in [2.24, 2.45) is 10.9 Å². The zero-order chi connectivity index (χ0) is 20.8. The van der Waals surface area contributed by atoms with Gasteiger partial charge in [-0.1, -0.05) is 31.2 Å². The number of allylic oxidation sites excluding steroid dienone is 1. The van der Waals surface area contributed by atoms with Crippen molar-refractivity contribution >= 4 is 23.0 Å². The maximum Gasteiger partial charge on any atom is 0.167 e. The molecule has 5 rings (SSSR count). The number of hydrogen-bond acceptors (Lipinski definition) is 4. The van der Waals surface area contributed by atoms with Crippen LogP contribution in [0, 0.1) is 5.92 Å². The molecule has 0 fully saturated rings. The van der Waals surface area contributed by atoms with Gasteiger partial charge in [0, 0.05) is 34.4 Å². The van der Waals surface area contributed by atoms with Gasteiger partial charge in [0.15, 0.2) is 5.78 Å². The summed E-state index contributed by atoms with van der Waals surface area (Å²) in [6.07, 6.45) is 8.27. The predicted octanol–water partition coefficient (Wildman–Crippen LogP) is 5.74. The highest BCUT2D eigenvalue weighted by Gasteiger charge is 2.32. The Labute approximate surface area is 178 Å². The van der Waals surface area contributed by atoms with Crippen molar-refractivity contribution in [2.75, 3.05) is 10.6 Å². The van der Waals surface area contributed by atoms with Gasteiger partial charge in [0.05, 0.1) is 23.5 Å². The summed E-state index contributed by atoms with van der Waals surface area (Å²) < 4.78 is 0. The third kappa shape index (κ3) is 3.17. The van der Waals surface area contributed by atoms with E-state index in [4.69, 9.17) is 4.99 Å². The number of ketones is 1. The van der Waals surface area contributed by atoms with Crippen LogP contribution in [-0.2, 0) is 0 Å². The number of aromatic amines is 1. The highest BCUT2D eigenvalue weighted by Crippen LogP contribution is 2.42. The Morgan fingerprint density at radius 2 is 2.03 bits per heavy atom. The number of rotatable bonds is 1. The third-order valence-corrected chi connectivity index (χ3v) is 6.82. The van der Waals surface area contributed by atoms with Gasteiger partial charge in [-0.05, 0) is 51.7 Å². The molecule has 156 valence electrons. The van der Waals surface area contributed by atoms with E-state index in [1.54, 1.807) is 0 Å². The first kappa shape index (κ1) is 19.2. The van der Waals surface area contributed by atoms with E-state index < -0.39 is 0 Å². The Kier molecular flexibility index (Phi) is 4.76. The van der Waals surface area contributed by atoms with Gasteiger partial charge in [-0.3, -0.25) is 9.79 Å². The van der Waals surface area contributed by atoms with Crippen molar-refractivity contribution in [1.82, 2.24) is 4.98 Å². The molecule has 2 aromatic rings. The second kappa shape index (κ2) is 7.46. The van der Waals surface area contributed by atoms with Gasteiger partial charge in [0.1, 0.15) is 5.84 Å². The minimum absolute atomic E-state index is 0.0971. The van der Waals surface area contributed by atoms with Gasteiger partial charge < -0.3 is 15.6 Å². The number of benzene rings is 1. The average molecular weight is 403 g/mol. The first-order valence-corrected chi connectivity index (χ1v) is 11.2. The number of carbonyl (C=O) groups excluding carboxylic acids is 1. The number of aromatic nitrogens is 1. The number of H-pyrrole nitrogens is 1. The molecule has 0 saturated heterocycles. The summed E-state index contributed by atoms with van der Waals surface area (Å²) in [5.74, 6) is 1.70. The lowest BCUT2D eigenvalue weighted by Gasteiger charge is -2.29. The number of aliphatic imine (C=N–C) groups is 1. The Balaban J connectivity index is 1.71. The number of nitrogens with one attached hydrogen (secondary N) is 3. The van der Waals surface area contributed by atoms with Crippen LogP contribution in [0.25, 0.3) is 11.3 Å². The zero-order valence-electron chi connectivity index (χ0n) is 18.0. The van der Waals surface area contributed by atoms with E-state index in [2.05, 4.69) is 72.8 Å². The summed E-state index contributed by atoms with van der Waals surface area (Å²) >= 11 is 0. The van der Waals surface area contributed by atoms with Crippen molar-refractivity contribution in [3.05, 3.63) is 47.7 Å². The molecule has 1 aromatic heterocycles. The van der Waals surface area contributed by atoms with Crippen LogP contribution >= 0.6 is 0 Å². The number of Topliss-reactive ketones (excluding diaryl/α,β-unsaturated/α-hetero) is 1. The summed E-state index contributed by atoms with van der Waals surface area (Å²) in [4.78, 5) is 21.9. The largest absolute Gasteiger partial charge is 0.374 e. The zero-order valence-corrected chi connectivity index (χ0v) is 18.0. The van der Waals surface area contributed by atoms with E-state index in [0.717, 1.165) is 65.4 Å². The molecular formula is C25H30N4O. The van der Waals surface area contributed by atoms with E-state index in [-0.39, 0.29) is 18.0 Å². The molecule has 30 heavy (non-hydrogen) atoms. The maximum absolute atomic E-state index is 13.3. The molecule has 5 nitrogen and oxygen atoms in total. The van der Waals surface area contributed by atoms with Crippen LogP contribution in [0.4, 0.5) is 11.4 Å². The van der Waals surface area contributed by atoms with Crippen LogP contribution in [0.2, 0.25) is 0 Å². The van der Waals surface area contributed by atoms with Crippen LogP contribution in [-0.4, -0.2) is 28.7 Å². The third-order valence-electron chi connectivity index (χ3n) is 6.82. The van der Waals surface area contributed by atoms with E-state index >= 15 is 0 Å². The minimum Gasteiger partial charge on any atom is -0.374 e. The summed E-state index contributed by atoms with van der Waals surface area (Å²) in [7, 11) is 0. The molecule has 0 spiro atoms. The maximum atomic E-state index is 13.3. The fourth-order valence-electron chi connectivity index (χ4n) is 5.08. The topological polar surface area (TPSA) is 69.3 Å². The van der Waals surface area contributed by atoms with Crippen molar-refractivity contribution in [3.8, 4) is 11.3 Å². The Morgan fingerprint density at radius 3 is 2.87 bits per heavy atom. The van der Waals surface area contributed by atoms with Gasteiger partial charge in [0.25, 0.3) is 0 Å². The molecule has 0 saturated carbocycles. The summed E-state index contributed by atoms with van der Waals surface area (Å²) in [5, 5.41) is 7.17. The predicted molar refractivity (Wildman–Crippen MR) is 124 cm³/mol. The summed E-state index contributed by atoms with van der Waals surface area (Å²) in [6, 6.07) is 8.58. The molecule has 5 heteroatoms. The van der Waals surface area contributed by atoms with Gasteiger partial charge in [-0.15, -0.1) is 0 Å². The Hall–Kier alpha value is -2.82. The van der Waals surface area contributed by atoms with Gasteiger partial charge in [-0.25, -0.2) is 0 Å². The van der Waals surface area contributed by atoms with Crippen LogP contribution in [0.5, 0.6) is 0 Å². The Bertz CT molecular complexity index is 1050. The molecule has 1 aromatic carbocycles. The van der Waals surface area contributed by atoms with Gasteiger partial charge in [-0.2, -0.15) is 0 Å². The lowest BCUT2D eigenvalue weighted by Crippen LogP contribution is -2.37. The fourth-order valence-corrected chi connectivity index (χ4v) is 5.08. The molecule has 1 aliphatic carbocycles. The van der Waals surface area contributed by atoms with Crippen LogP contribution in [0.15, 0.2) is 41.4 Å². The lowest BCUT2D eigenvalue weighted by atomic mass is 9.93. The van der Waals surface area contributed by atoms with Gasteiger partial charge in [0.2, 0.25) is 0 Å². The molecule has 4 atom stereocenters. The quantitative estimate of drug-likeness (QED) is 0.533. The lowest BCUT2D eigenvalue weighted by molar-refractivity contribution is 0.0912. The van der Waals surface area contributed by atoms with Crippen LogP contribution in [0.1, 0.15) is 68.4 Å². The first-order chi connectivity index (χ1) is 14.5. The normalized spacial score (nSPS) is 27.6. The fraction of sp³-hybridized carbons (Fsp3) is 0.440. The van der Waals surface area contributed by atoms with E-state index in [0.29, 0.717) is 11.7 Å². The molecular weight excluding hydrogens is 372 g/mol. The van der Waals surface area contributed by atoms with Gasteiger partial charge >= 0.3 is 0 Å². The standard InChI is InChI=1S/C25H30N4O/c1-4-16-11-12-17-8-5-7-14(2)26-25-15(3)27-20-10-6-9-18(23(20)29-25)21-13-19(24(16)30)22(17)28-21/h5-7,9-10,13-17,27-28H,4,8,11-12H2,1-3H3,(H,26,29). The number of fused-ring (bicyclic) bond motifs is 3. The molecule has 4 bridgehead atoms. The number of amidine groups is 1. The highest BCUT2D eigenvalue weighted by molar-refractivity contribution is 6.10. The van der Waals surface area contributed by atoms with E-state index in [1.165, 1.54) is 0 Å². The molecule has 3 heterocycles. The highest BCUT2D eigenvalue weighted by atomic mass is 16.1. The van der Waals surface area contributed by atoms with Crippen molar-refractivity contribution in [2.45, 2.75) is 64.5 Å². The second-order valence-electron chi connectivity index (χ2n) is 8.89. The molecule has 0 radical (unpaired) electrons. The number of anilines is 2. The molecule has 2 aliphatic heterocycles. The molecule has 0 amide bonds. The number of carbonyl (C=O) groups is 1. The number of hydrogen-bond donors (Lipinski definition) is 3. The molecule has 4 unspecified atom stereocenters. The first-order valence-electron chi connectivity index (χ1n) is 11.2. The summed E-state index contributed by atoms with van der Waals surface area (Å²) in [5.41, 5.74) is 6.17. The van der Waals surface area contributed by atoms with E-state index in [1.807, 2.05) is 0 Å². The second-order valence-corrected chi connectivity index (χ2v) is 8.89. The smallest absolute Gasteiger partial charge is 0.167 e. The van der Waals surface area contributed by atoms with Crippen LogP contribution in [0.3, 0.4) is 0 Å². The van der Waals surface area contributed by atoms with Crippen molar-refractivity contribution in [3.63, 3.8) is 0 Å². The van der Waals surface area contributed by atoms with E-state index in [9.17, 15) is 4.79 Å². The monoisotopic (exact) mass is 402 g/mol. The summed E-state index contributed by atoms with van der Waals surface area (Å²) in [6.45, 7) is 6.38. The minimum atomic E-state index is 0.0971. The average Bonchev–Trinajstić information content (AvgIpc) is 3.13. The SMILES string of the molecule is CCC1CCC2CC=CC(C)N=C3Nc4c(cccc4-c4cc(c2[nH]4)C1=O)NC3C. The van der Waals surface area contributed by atoms with Crippen molar-refractivity contribution < 1.29 is 4.79 Å². The molecule has 3 aliphatic rings. The van der Waals surface area contributed by atoms with Crippen LogP contribution < -0.4 is 10.6 Å². The Morgan fingerprint density at radius 1 is 1.17 bits per heavy atom. The van der Waals surface area contributed by atoms with Crippen molar-refractivity contribution in [1.29, 1.82) is 0 Å².